The summed E-state index contributed by atoms with van der Waals surface area (Å²) in [5.74, 6) is -0.434. The second kappa shape index (κ2) is 6.32. The van der Waals surface area contributed by atoms with E-state index in [9.17, 15) is 9.59 Å². The van der Waals surface area contributed by atoms with Crippen LogP contribution in [0.3, 0.4) is 0 Å². The number of rotatable bonds is 6. The summed E-state index contributed by atoms with van der Waals surface area (Å²) < 4.78 is 9.76. The molecule has 6 nitrogen and oxygen atoms in total. The smallest absolute Gasteiger partial charge is 0.407 e. The normalized spacial score (nSPS) is 21.1. The first-order chi connectivity index (χ1) is 7.63. The molecule has 0 radical (unpaired) electrons. The Morgan fingerprint density at radius 3 is 3.06 bits per heavy atom. The third-order valence-electron chi connectivity index (χ3n) is 2.33. The standard InChI is InChI=1S/C10H18N2O4/c1-2-3-4-8(11)9(13)15-6-7-5-12-10(14)16-7/h7-8H,2-6,11H2,1H3,(H,12,14)/t7-,8+/m1/s1. The van der Waals surface area contributed by atoms with Crippen molar-refractivity contribution in [3.05, 3.63) is 0 Å². The van der Waals surface area contributed by atoms with Crippen molar-refractivity contribution in [2.75, 3.05) is 13.2 Å². The minimum Gasteiger partial charge on any atom is -0.461 e. The van der Waals surface area contributed by atoms with Crippen molar-refractivity contribution in [3.8, 4) is 0 Å². The van der Waals surface area contributed by atoms with E-state index < -0.39 is 24.2 Å². The number of esters is 1. The Kier molecular flexibility index (Phi) is 5.04. The molecule has 1 rings (SSSR count). The molecule has 0 spiro atoms. The van der Waals surface area contributed by atoms with Crippen molar-refractivity contribution >= 4 is 12.1 Å². The van der Waals surface area contributed by atoms with Gasteiger partial charge < -0.3 is 20.5 Å². The van der Waals surface area contributed by atoms with Crippen LogP contribution in [0.5, 0.6) is 0 Å². The third-order valence-corrected chi connectivity index (χ3v) is 2.33. The van der Waals surface area contributed by atoms with E-state index in [-0.39, 0.29) is 6.61 Å². The first-order valence-corrected chi connectivity index (χ1v) is 5.50. The van der Waals surface area contributed by atoms with Crippen molar-refractivity contribution in [1.82, 2.24) is 5.32 Å². The molecule has 1 heterocycles. The minimum absolute atomic E-state index is 0.0669. The summed E-state index contributed by atoms with van der Waals surface area (Å²) in [5.41, 5.74) is 5.62. The molecule has 1 aliphatic heterocycles. The van der Waals surface area contributed by atoms with E-state index in [0.717, 1.165) is 12.8 Å². The van der Waals surface area contributed by atoms with Crippen molar-refractivity contribution in [1.29, 1.82) is 0 Å². The number of hydrogen-bond donors (Lipinski definition) is 2. The third kappa shape index (κ3) is 4.06. The fourth-order valence-electron chi connectivity index (χ4n) is 1.35. The van der Waals surface area contributed by atoms with Crippen LogP contribution in [0.25, 0.3) is 0 Å². The minimum atomic E-state index is -0.579. The molecule has 1 fully saturated rings. The Morgan fingerprint density at radius 1 is 1.75 bits per heavy atom. The number of alkyl carbamates (subject to hydrolysis) is 1. The SMILES string of the molecule is CCCC[C@H](N)C(=O)OC[C@H]1CNC(=O)O1. The number of carbonyl (C=O) groups excluding carboxylic acids is 2. The van der Waals surface area contributed by atoms with Crippen molar-refractivity contribution in [3.63, 3.8) is 0 Å². The van der Waals surface area contributed by atoms with Crippen LogP contribution in [0.2, 0.25) is 0 Å². The summed E-state index contributed by atoms with van der Waals surface area (Å²) in [6.07, 6.45) is 1.64. The highest BCUT2D eigenvalue weighted by atomic mass is 16.6. The average molecular weight is 230 g/mol. The number of hydrogen-bond acceptors (Lipinski definition) is 5. The van der Waals surface area contributed by atoms with Crippen molar-refractivity contribution in [2.24, 2.45) is 5.73 Å². The first-order valence-electron chi connectivity index (χ1n) is 5.50. The molecular formula is C10H18N2O4. The lowest BCUT2D eigenvalue weighted by molar-refractivity contribution is -0.147. The molecule has 6 heteroatoms. The summed E-state index contributed by atoms with van der Waals surface area (Å²) in [6, 6.07) is -0.579. The molecule has 1 aliphatic rings. The van der Waals surface area contributed by atoms with Crippen LogP contribution in [-0.2, 0) is 14.3 Å². The maximum absolute atomic E-state index is 11.4. The number of cyclic esters (lactones) is 1. The van der Waals surface area contributed by atoms with Crippen LogP contribution in [-0.4, -0.2) is 37.4 Å². The summed E-state index contributed by atoms with van der Waals surface area (Å²) in [4.78, 5) is 22.1. The van der Waals surface area contributed by atoms with Gasteiger partial charge in [-0.1, -0.05) is 19.8 Å². The zero-order valence-electron chi connectivity index (χ0n) is 9.40. The van der Waals surface area contributed by atoms with Gasteiger partial charge in [-0.15, -0.1) is 0 Å². The Balaban J connectivity index is 2.16. The Hall–Kier alpha value is -1.30. The zero-order chi connectivity index (χ0) is 12.0. The highest BCUT2D eigenvalue weighted by Crippen LogP contribution is 2.03. The molecule has 0 aromatic rings. The maximum Gasteiger partial charge on any atom is 0.407 e. The molecule has 0 aliphatic carbocycles. The van der Waals surface area contributed by atoms with Gasteiger partial charge in [-0.05, 0) is 6.42 Å². The van der Waals surface area contributed by atoms with Gasteiger partial charge in [0.05, 0.1) is 6.54 Å². The van der Waals surface area contributed by atoms with E-state index in [2.05, 4.69) is 5.32 Å². The second-order valence-electron chi connectivity index (χ2n) is 3.79. The quantitative estimate of drug-likeness (QED) is 0.634. The molecule has 2 atom stereocenters. The van der Waals surface area contributed by atoms with Gasteiger partial charge in [0, 0.05) is 0 Å². The lowest BCUT2D eigenvalue weighted by Crippen LogP contribution is -2.34. The van der Waals surface area contributed by atoms with Crippen LogP contribution in [0, 0.1) is 0 Å². The number of amides is 1. The molecule has 0 aromatic carbocycles. The highest BCUT2D eigenvalue weighted by Gasteiger charge is 2.24. The predicted molar refractivity (Wildman–Crippen MR) is 56.7 cm³/mol. The number of nitrogens with two attached hydrogens (primary N) is 1. The molecule has 92 valence electrons. The predicted octanol–water partition coefficient (Wildman–Crippen LogP) is 0.155. The van der Waals surface area contributed by atoms with Crippen LogP contribution < -0.4 is 11.1 Å². The summed E-state index contributed by atoms with van der Waals surface area (Å²) in [5, 5.41) is 2.47. The maximum atomic E-state index is 11.4. The van der Waals surface area contributed by atoms with Gasteiger partial charge in [0.1, 0.15) is 12.6 Å². The average Bonchev–Trinajstić information content (AvgIpc) is 2.68. The molecular weight excluding hydrogens is 212 g/mol. The fourth-order valence-corrected chi connectivity index (χ4v) is 1.35. The lowest BCUT2D eigenvalue weighted by Gasteiger charge is -2.12. The molecule has 1 amide bonds. The largest absolute Gasteiger partial charge is 0.461 e. The van der Waals surface area contributed by atoms with Crippen molar-refractivity contribution in [2.45, 2.75) is 38.3 Å². The van der Waals surface area contributed by atoms with E-state index in [4.69, 9.17) is 15.2 Å². The van der Waals surface area contributed by atoms with E-state index in [1.54, 1.807) is 0 Å². The molecule has 0 bridgehead atoms. The zero-order valence-corrected chi connectivity index (χ0v) is 9.40. The summed E-state index contributed by atoms with van der Waals surface area (Å²) >= 11 is 0. The van der Waals surface area contributed by atoms with Gasteiger partial charge in [0.25, 0.3) is 0 Å². The summed E-state index contributed by atoms with van der Waals surface area (Å²) in [6.45, 7) is 2.47. The number of nitrogens with one attached hydrogen (secondary N) is 1. The van der Waals surface area contributed by atoms with E-state index in [0.29, 0.717) is 13.0 Å². The van der Waals surface area contributed by atoms with E-state index >= 15 is 0 Å². The number of ether oxygens (including phenoxy) is 2. The monoisotopic (exact) mass is 230 g/mol. The van der Waals surface area contributed by atoms with Crippen LogP contribution in [0.1, 0.15) is 26.2 Å². The Bertz CT molecular complexity index is 257. The van der Waals surface area contributed by atoms with Crippen LogP contribution in [0.15, 0.2) is 0 Å². The lowest BCUT2D eigenvalue weighted by atomic mass is 10.1. The molecule has 0 saturated carbocycles. The van der Waals surface area contributed by atoms with Crippen molar-refractivity contribution < 1.29 is 19.1 Å². The molecule has 0 aromatic heterocycles. The topological polar surface area (TPSA) is 90.7 Å². The van der Waals surface area contributed by atoms with Gasteiger partial charge in [-0.3, -0.25) is 4.79 Å². The fraction of sp³-hybridized carbons (Fsp3) is 0.800. The molecule has 16 heavy (non-hydrogen) atoms. The molecule has 3 N–H and O–H groups in total. The Morgan fingerprint density at radius 2 is 2.50 bits per heavy atom. The van der Waals surface area contributed by atoms with Gasteiger partial charge in [-0.25, -0.2) is 4.79 Å². The second-order valence-corrected chi connectivity index (χ2v) is 3.79. The van der Waals surface area contributed by atoms with Gasteiger partial charge in [-0.2, -0.15) is 0 Å². The van der Waals surface area contributed by atoms with E-state index in [1.807, 2.05) is 6.92 Å². The number of unbranched alkanes of at least 4 members (excludes halogenated alkanes) is 1. The highest BCUT2D eigenvalue weighted by molar-refractivity contribution is 5.75. The van der Waals surface area contributed by atoms with Gasteiger partial charge in [0.15, 0.2) is 6.10 Å². The van der Waals surface area contributed by atoms with Crippen LogP contribution >= 0.6 is 0 Å². The summed E-state index contributed by atoms with van der Waals surface area (Å²) in [7, 11) is 0. The van der Waals surface area contributed by atoms with Gasteiger partial charge >= 0.3 is 12.1 Å². The van der Waals surface area contributed by atoms with Crippen LogP contribution in [0.4, 0.5) is 4.79 Å². The Labute approximate surface area is 94.5 Å². The van der Waals surface area contributed by atoms with Gasteiger partial charge in [0.2, 0.25) is 0 Å². The number of carbonyl (C=O) groups is 2. The van der Waals surface area contributed by atoms with E-state index in [1.165, 1.54) is 0 Å². The molecule has 0 unspecified atom stereocenters. The molecule has 1 saturated heterocycles. The first kappa shape index (κ1) is 12.8.